The number of nitrogen functional groups attached to an aromatic ring is 1. The fourth-order valence-electron chi connectivity index (χ4n) is 5.63. The van der Waals surface area contributed by atoms with Gasteiger partial charge in [0.15, 0.2) is 11.9 Å². The van der Waals surface area contributed by atoms with E-state index >= 15 is 0 Å². The molecule has 1 aliphatic heterocycles. The van der Waals surface area contributed by atoms with Gasteiger partial charge in [-0.25, -0.2) is 23.8 Å². The molecule has 1 atom stereocenters. The Labute approximate surface area is 260 Å². The second-order valence-corrected chi connectivity index (χ2v) is 13.2. The SMILES string of the molecule is CC(c1oc(=O)c2ccccc2c1-c1ccc(C2OC(C)(C)C(C)(C)O2)s1)n1nc(-c2cc(O)cc(F)c2)c2c(N)ncnc21. The summed E-state index contributed by atoms with van der Waals surface area (Å²) in [6.07, 6.45) is 0.750. The number of hydrogen-bond acceptors (Lipinski definition) is 10. The van der Waals surface area contributed by atoms with Crippen LogP contribution >= 0.6 is 11.3 Å². The number of fused-ring (bicyclic) bond motifs is 2. The van der Waals surface area contributed by atoms with Crippen molar-refractivity contribution in [3.63, 3.8) is 0 Å². The van der Waals surface area contributed by atoms with Crippen LogP contribution in [0.2, 0.25) is 0 Å². The summed E-state index contributed by atoms with van der Waals surface area (Å²) in [5.41, 5.74) is 6.39. The molecule has 0 spiro atoms. The lowest BCUT2D eigenvalue weighted by Gasteiger charge is -2.30. The Morgan fingerprint density at radius 3 is 2.44 bits per heavy atom. The van der Waals surface area contributed by atoms with Crippen molar-refractivity contribution in [1.29, 1.82) is 0 Å². The topological polar surface area (TPSA) is 139 Å². The summed E-state index contributed by atoms with van der Waals surface area (Å²) >= 11 is 1.49. The van der Waals surface area contributed by atoms with E-state index in [0.717, 1.165) is 15.8 Å². The van der Waals surface area contributed by atoms with E-state index in [2.05, 4.69) is 9.97 Å². The molecule has 6 aromatic rings. The van der Waals surface area contributed by atoms with Crippen molar-refractivity contribution in [3.8, 4) is 27.4 Å². The van der Waals surface area contributed by atoms with E-state index in [4.69, 9.17) is 24.7 Å². The Hall–Kier alpha value is -4.65. The number of aromatic hydroxyl groups is 1. The maximum atomic E-state index is 14.4. The minimum Gasteiger partial charge on any atom is -0.508 e. The first-order valence-corrected chi connectivity index (χ1v) is 15.2. The summed E-state index contributed by atoms with van der Waals surface area (Å²) in [5.74, 6) is -0.442. The van der Waals surface area contributed by atoms with Crippen LogP contribution in [-0.4, -0.2) is 36.1 Å². The lowest BCUT2D eigenvalue weighted by molar-refractivity contribution is -0.0871. The molecule has 7 rings (SSSR count). The van der Waals surface area contributed by atoms with Crippen LogP contribution in [0.25, 0.3) is 43.5 Å². The Morgan fingerprint density at radius 1 is 1.02 bits per heavy atom. The fourth-order valence-corrected chi connectivity index (χ4v) is 6.66. The fraction of sp³-hybridized carbons (Fsp3) is 0.273. The van der Waals surface area contributed by atoms with Gasteiger partial charge >= 0.3 is 5.63 Å². The normalized spacial score (nSPS) is 16.9. The number of phenols is 1. The first-order chi connectivity index (χ1) is 21.3. The van der Waals surface area contributed by atoms with E-state index in [9.17, 15) is 14.3 Å². The van der Waals surface area contributed by atoms with Crippen LogP contribution in [0.4, 0.5) is 10.2 Å². The van der Waals surface area contributed by atoms with Gasteiger partial charge in [-0.2, -0.15) is 5.10 Å². The molecule has 45 heavy (non-hydrogen) atoms. The number of nitrogens with zero attached hydrogens (tertiary/aromatic N) is 4. The highest BCUT2D eigenvalue weighted by Crippen LogP contribution is 2.48. The number of nitrogens with two attached hydrogens (primary N) is 1. The van der Waals surface area contributed by atoms with E-state index in [1.165, 1.54) is 29.8 Å². The maximum absolute atomic E-state index is 14.4. The van der Waals surface area contributed by atoms with Gasteiger partial charge in [-0.1, -0.05) is 18.2 Å². The number of aromatic nitrogens is 4. The second-order valence-electron chi connectivity index (χ2n) is 12.1. The van der Waals surface area contributed by atoms with Crippen molar-refractivity contribution >= 4 is 39.0 Å². The Balaban J connectivity index is 1.42. The van der Waals surface area contributed by atoms with Crippen LogP contribution < -0.4 is 11.4 Å². The van der Waals surface area contributed by atoms with Gasteiger partial charge in [0.1, 0.15) is 41.2 Å². The molecule has 10 nitrogen and oxygen atoms in total. The standard InChI is InChI=1S/C33H30FN5O5S/c1-16(39-29-25(28(35)36-15-37-29)26(38-39)17-12-18(34)14-19(40)13-17)27-24(20-8-6-7-9-21(20)30(41)42-27)22-10-11-23(45-22)31-43-32(2,3)33(4,5)44-31/h6-16,31,40H,1-5H3,(H2,35,36,37). The number of benzene rings is 2. The van der Waals surface area contributed by atoms with Crippen molar-refractivity contribution in [2.45, 2.75) is 58.2 Å². The number of rotatable bonds is 5. The number of phenolic OH excluding ortho intramolecular Hbond substituents is 1. The summed E-state index contributed by atoms with van der Waals surface area (Å²) in [6.45, 7) is 9.85. The average Bonchev–Trinajstić information content (AvgIpc) is 3.67. The average molecular weight is 628 g/mol. The summed E-state index contributed by atoms with van der Waals surface area (Å²) in [7, 11) is 0. The van der Waals surface area contributed by atoms with Crippen molar-refractivity contribution in [2.24, 2.45) is 0 Å². The number of halogens is 1. The molecule has 0 radical (unpaired) electrons. The third-order valence-electron chi connectivity index (χ3n) is 8.64. The van der Waals surface area contributed by atoms with Crippen molar-refractivity contribution in [3.05, 3.63) is 87.8 Å². The van der Waals surface area contributed by atoms with E-state index in [-0.39, 0.29) is 22.8 Å². The lowest BCUT2D eigenvalue weighted by atomic mass is 9.90. The summed E-state index contributed by atoms with van der Waals surface area (Å²) < 4.78 is 34.6. The van der Waals surface area contributed by atoms with Gasteiger partial charge in [0.2, 0.25) is 0 Å². The first-order valence-electron chi connectivity index (χ1n) is 14.3. The molecule has 5 heterocycles. The van der Waals surface area contributed by atoms with Crippen molar-refractivity contribution < 1.29 is 23.4 Å². The first kappa shape index (κ1) is 29.1. The molecule has 1 unspecified atom stereocenters. The van der Waals surface area contributed by atoms with Crippen LogP contribution in [0.3, 0.4) is 0 Å². The summed E-state index contributed by atoms with van der Waals surface area (Å²) in [4.78, 5) is 23.6. The van der Waals surface area contributed by atoms with Gasteiger partial charge in [-0.3, -0.25) is 0 Å². The number of anilines is 1. The third-order valence-corrected chi connectivity index (χ3v) is 9.77. The smallest absolute Gasteiger partial charge is 0.343 e. The molecule has 12 heteroatoms. The van der Waals surface area contributed by atoms with Gasteiger partial charge < -0.3 is 24.7 Å². The Morgan fingerprint density at radius 2 is 1.73 bits per heavy atom. The number of hydrogen-bond donors (Lipinski definition) is 2. The van der Waals surface area contributed by atoms with Crippen LogP contribution in [0.1, 0.15) is 57.6 Å². The molecule has 230 valence electrons. The molecule has 1 aliphatic rings. The molecule has 1 saturated heterocycles. The van der Waals surface area contributed by atoms with Gasteiger partial charge in [-0.05, 0) is 65.0 Å². The Bertz CT molecular complexity index is 2150. The number of thiophene rings is 1. The predicted molar refractivity (Wildman–Crippen MR) is 169 cm³/mol. The highest BCUT2D eigenvalue weighted by molar-refractivity contribution is 7.15. The van der Waals surface area contributed by atoms with Crippen LogP contribution in [0.15, 0.2) is 70.1 Å². The molecule has 2 aromatic carbocycles. The zero-order chi connectivity index (χ0) is 31.8. The molecular weight excluding hydrogens is 597 g/mol. The van der Waals surface area contributed by atoms with Crippen LogP contribution in [0, 0.1) is 5.82 Å². The molecule has 0 saturated carbocycles. The van der Waals surface area contributed by atoms with E-state index in [1.54, 1.807) is 16.8 Å². The van der Waals surface area contributed by atoms with Gasteiger partial charge in [0, 0.05) is 27.5 Å². The van der Waals surface area contributed by atoms with E-state index in [1.807, 2.05) is 58.9 Å². The third kappa shape index (κ3) is 4.68. The summed E-state index contributed by atoms with van der Waals surface area (Å²) in [5, 5.41) is 16.4. The maximum Gasteiger partial charge on any atom is 0.343 e. The molecule has 3 N–H and O–H groups in total. The molecule has 0 bridgehead atoms. The molecule has 4 aromatic heterocycles. The van der Waals surface area contributed by atoms with Crippen LogP contribution in [0.5, 0.6) is 5.75 Å². The Kier molecular flexibility index (Phi) is 6.59. The highest BCUT2D eigenvalue weighted by atomic mass is 32.1. The molecule has 1 fully saturated rings. The van der Waals surface area contributed by atoms with Crippen molar-refractivity contribution in [2.75, 3.05) is 5.73 Å². The highest BCUT2D eigenvalue weighted by Gasteiger charge is 2.50. The minimum absolute atomic E-state index is 0.127. The molecular formula is C33H30FN5O5S. The zero-order valence-electron chi connectivity index (χ0n) is 25.2. The van der Waals surface area contributed by atoms with Crippen LogP contribution in [-0.2, 0) is 9.47 Å². The van der Waals surface area contributed by atoms with Gasteiger partial charge in [0.05, 0.1) is 26.9 Å². The molecule has 0 aliphatic carbocycles. The molecule has 0 amide bonds. The zero-order valence-corrected chi connectivity index (χ0v) is 26.0. The lowest BCUT2D eigenvalue weighted by Crippen LogP contribution is -2.41. The van der Waals surface area contributed by atoms with Gasteiger partial charge in [-0.15, -0.1) is 11.3 Å². The minimum atomic E-state index is -0.688. The second kappa shape index (κ2) is 10.2. The summed E-state index contributed by atoms with van der Waals surface area (Å²) in [6, 6.07) is 14.1. The van der Waals surface area contributed by atoms with E-state index < -0.39 is 35.0 Å². The van der Waals surface area contributed by atoms with E-state index in [0.29, 0.717) is 33.1 Å². The van der Waals surface area contributed by atoms with Crippen molar-refractivity contribution in [1.82, 2.24) is 19.7 Å². The largest absolute Gasteiger partial charge is 0.508 e. The predicted octanol–water partition coefficient (Wildman–Crippen LogP) is 6.97. The number of ether oxygens (including phenoxy) is 2. The monoisotopic (exact) mass is 627 g/mol. The van der Waals surface area contributed by atoms with Gasteiger partial charge in [0.25, 0.3) is 0 Å². The quantitative estimate of drug-likeness (QED) is 0.208.